The van der Waals surface area contributed by atoms with Crippen LogP contribution in [0.1, 0.15) is 96.8 Å². The number of ether oxygens (including phenoxy) is 1. The van der Waals surface area contributed by atoms with Gasteiger partial charge in [0.05, 0.1) is 6.61 Å². The summed E-state index contributed by atoms with van der Waals surface area (Å²) >= 11 is 0. The number of carbonyl (C=O) groups is 1. The van der Waals surface area contributed by atoms with Crippen molar-refractivity contribution in [3.8, 4) is 0 Å². The molecule has 2 atom stereocenters. The molecule has 0 saturated carbocycles. The van der Waals surface area contributed by atoms with Crippen LogP contribution in [0.25, 0.3) is 0 Å². The summed E-state index contributed by atoms with van der Waals surface area (Å²) < 4.78 is 4.49. The molecular weight excluding hydrogens is 364 g/mol. The van der Waals surface area contributed by atoms with E-state index in [2.05, 4.69) is 11.7 Å². The van der Waals surface area contributed by atoms with Gasteiger partial charge in [-0.3, -0.25) is 0 Å². The zero-order chi connectivity index (χ0) is 21.3. The quantitative estimate of drug-likeness (QED) is 0.127. The van der Waals surface area contributed by atoms with Crippen LogP contribution in [-0.2, 0) is 9.53 Å². The Kier molecular flexibility index (Phi) is 16.7. The Balaban J connectivity index is 3.64. The third-order valence-electron chi connectivity index (χ3n) is 4.96. The maximum absolute atomic E-state index is 11.6. The second-order valence-electron chi connectivity index (χ2n) is 7.71. The lowest BCUT2D eigenvalue weighted by Crippen LogP contribution is -2.51. The number of rotatable bonds is 19. The fourth-order valence-electron chi connectivity index (χ4n) is 3.02. The summed E-state index contributed by atoms with van der Waals surface area (Å²) in [6, 6.07) is 0. The molecule has 0 fully saturated rings. The van der Waals surface area contributed by atoms with Crippen LogP contribution in [0.15, 0.2) is 0 Å². The molecule has 0 aliphatic carbocycles. The van der Waals surface area contributed by atoms with Crippen molar-refractivity contribution < 1.29 is 35.1 Å². The third kappa shape index (κ3) is 13.4. The van der Waals surface area contributed by atoms with Crippen molar-refractivity contribution in [3.05, 3.63) is 0 Å². The van der Waals surface area contributed by atoms with Gasteiger partial charge < -0.3 is 30.3 Å². The van der Waals surface area contributed by atoms with Crippen molar-refractivity contribution in [1.82, 2.24) is 0 Å². The van der Waals surface area contributed by atoms with E-state index >= 15 is 0 Å². The fourth-order valence-corrected chi connectivity index (χ4v) is 3.02. The van der Waals surface area contributed by atoms with E-state index in [4.69, 9.17) is 10.2 Å². The van der Waals surface area contributed by atoms with Gasteiger partial charge in [-0.1, -0.05) is 90.4 Å². The average Bonchev–Trinajstić information content (AvgIpc) is 2.68. The van der Waals surface area contributed by atoms with Gasteiger partial charge in [0.25, 0.3) is 5.79 Å². The molecule has 7 nitrogen and oxygen atoms in total. The lowest BCUT2D eigenvalue weighted by molar-refractivity contribution is -0.243. The largest absolute Gasteiger partial charge is 0.459 e. The van der Waals surface area contributed by atoms with E-state index in [0.29, 0.717) is 6.42 Å². The van der Waals surface area contributed by atoms with E-state index in [1.807, 2.05) is 0 Å². The van der Waals surface area contributed by atoms with Crippen molar-refractivity contribution in [1.29, 1.82) is 0 Å². The average molecular weight is 407 g/mol. The third-order valence-corrected chi connectivity index (χ3v) is 4.96. The van der Waals surface area contributed by atoms with Crippen LogP contribution in [0.4, 0.5) is 0 Å². The highest BCUT2D eigenvalue weighted by molar-refractivity contribution is 5.77. The molecule has 0 aliphatic heterocycles. The van der Waals surface area contributed by atoms with Crippen LogP contribution in [0, 0.1) is 0 Å². The first kappa shape index (κ1) is 27.3. The summed E-state index contributed by atoms with van der Waals surface area (Å²) in [6.07, 6.45) is 12.4. The van der Waals surface area contributed by atoms with Crippen molar-refractivity contribution in [2.24, 2.45) is 0 Å². The van der Waals surface area contributed by atoms with Gasteiger partial charge in [-0.25, -0.2) is 4.79 Å². The number of aliphatic hydroxyl groups excluding tert-OH is 3. The van der Waals surface area contributed by atoms with Crippen LogP contribution >= 0.6 is 0 Å². The van der Waals surface area contributed by atoms with Gasteiger partial charge in [0, 0.05) is 0 Å². The van der Waals surface area contributed by atoms with E-state index < -0.39 is 37.2 Å². The van der Waals surface area contributed by atoms with Crippen LogP contribution < -0.4 is 0 Å². The molecule has 0 aromatic carbocycles. The number of aliphatic hydroxyl groups is 5. The minimum Gasteiger partial charge on any atom is -0.459 e. The fraction of sp³-hybridized carbons (Fsp3) is 0.952. The number of hydrogen-bond acceptors (Lipinski definition) is 7. The molecule has 7 heteroatoms. The molecule has 28 heavy (non-hydrogen) atoms. The first-order chi connectivity index (χ1) is 13.4. The van der Waals surface area contributed by atoms with Gasteiger partial charge in [-0.15, -0.1) is 0 Å². The van der Waals surface area contributed by atoms with Crippen LogP contribution in [0.5, 0.6) is 0 Å². The minimum absolute atomic E-state index is 0.0718. The van der Waals surface area contributed by atoms with E-state index in [1.165, 1.54) is 57.8 Å². The minimum atomic E-state index is -3.01. The predicted octanol–water partition coefficient (Wildman–Crippen LogP) is 2.41. The molecule has 5 N–H and O–H groups in total. The monoisotopic (exact) mass is 406 g/mol. The lowest BCUT2D eigenvalue weighted by atomic mass is 10.0. The molecule has 0 aromatic rings. The molecule has 0 amide bonds. The predicted molar refractivity (Wildman–Crippen MR) is 108 cm³/mol. The van der Waals surface area contributed by atoms with Gasteiger partial charge in [-0.2, -0.15) is 0 Å². The maximum atomic E-state index is 11.6. The Morgan fingerprint density at radius 2 is 1.25 bits per heavy atom. The highest BCUT2D eigenvalue weighted by Gasteiger charge is 2.43. The summed E-state index contributed by atoms with van der Waals surface area (Å²) in [5, 5.41) is 47.0. The van der Waals surface area contributed by atoms with Gasteiger partial charge in [0.1, 0.15) is 18.8 Å². The topological polar surface area (TPSA) is 127 Å². The molecule has 0 saturated heterocycles. The first-order valence-corrected chi connectivity index (χ1v) is 10.9. The Morgan fingerprint density at radius 3 is 1.68 bits per heavy atom. The van der Waals surface area contributed by atoms with Gasteiger partial charge in [-0.05, 0) is 6.42 Å². The van der Waals surface area contributed by atoms with E-state index in [-0.39, 0.29) is 6.42 Å². The molecule has 0 radical (unpaired) electrons. The number of esters is 1. The van der Waals surface area contributed by atoms with Gasteiger partial charge in [0.15, 0.2) is 0 Å². The van der Waals surface area contributed by atoms with Gasteiger partial charge >= 0.3 is 5.97 Å². The molecule has 2 unspecified atom stereocenters. The standard InChI is InChI=1S/C21H42O7/c1-2-3-4-5-6-7-8-9-10-11-12-13-14-15-19(24)21(26,27)20(25)28-17-18(23)16-22/h18-19,22-24,26-27H,2-17H2,1H3. The van der Waals surface area contributed by atoms with Crippen LogP contribution in [0.2, 0.25) is 0 Å². The zero-order valence-corrected chi connectivity index (χ0v) is 17.5. The molecule has 0 spiro atoms. The number of unbranched alkanes of at least 4 members (excludes halogenated alkanes) is 12. The second-order valence-corrected chi connectivity index (χ2v) is 7.71. The van der Waals surface area contributed by atoms with Crippen LogP contribution in [0.3, 0.4) is 0 Å². The van der Waals surface area contributed by atoms with Crippen LogP contribution in [-0.4, -0.2) is 62.7 Å². The number of carbonyl (C=O) groups excluding carboxylic acids is 1. The molecule has 0 aliphatic rings. The Bertz CT molecular complexity index is 374. The summed E-state index contributed by atoms with van der Waals surface area (Å²) in [5.74, 6) is -4.44. The van der Waals surface area contributed by atoms with Crippen molar-refractivity contribution >= 4 is 5.97 Å². The summed E-state index contributed by atoms with van der Waals surface area (Å²) in [7, 11) is 0. The smallest absolute Gasteiger partial charge is 0.369 e. The SMILES string of the molecule is CCCCCCCCCCCCCCCC(O)C(O)(O)C(=O)OCC(O)CO. The molecular formula is C21H42O7. The summed E-state index contributed by atoms with van der Waals surface area (Å²) in [4.78, 5) is 11.6. The van der Waals surface area contributed by atoms with Crippen molar-refractivity contribution in [2.75, 3.05) is 13.2 Å². The molecule has 168 valence electrons. The maximum Gasteiger partial charge on any atom is 0.369 e. The molecule has 0 bridgehead atoms. The Morgan fingerprint density at radius 1 is 0.821 bits per heavy atom. The highest BCUT2D eigenvalue weighted by Crippen LogP contribution is 2.18. The van der Waals surface area contributed by atoms with E-state index in [0.717, 1.165) is 19.3 Å². The first-order valence-electron chi connectivity index (χ1n) is 10.9. The Labute approximate surface area is 169 Å². The molecule has 0 aromatic heterocycles. The lowest BCUT2D eigenvalue weighted by Gasteiger charge is -2.25. The summed E-state index contributed by atoms with van der Waals surface area (Å²) in [5.41, 5.74) is 0. The van der Waals surface area contributed by atoms with E-state index in [9.17, 15) is 20.1 Å². The zero-order valence-electron chi connectivity index (χ0n) is 17.5. The summed E-state index contributed by atoms with van der Waals surface area (Å²) in [6.45, 7) is 1.05. The second kappa shape index (κ2) is 17.2. The Hall–Kier alpha value is -0.730. The molecule has 0 heterocycles. The van der Waals surface area contributed by atoms with E-state index in [1.54, 1.807) is 0 Å². The number of hydrogen-bond donors (Lipinski definition) is 5. The van der Waals surface area contributed by atoms with Crippen molar-refractivity contribution in [3.63, 3.8) is 0 Å². The molecule has 0 rings (SSSR count). The normalized spacial score (nSPS) is 14.1. The highest BCUT2D eigenvalue weighted by atomic mass is 16.6. The van der Waals surface area contributed by atoms with Gasteiger partial charge in [0.2, 0.25) is 0 Å². The van der Waals surface area contributed by atoms with Crippen molar-refractivity contribution in [2.45, 2.75) is 115 Å².